The van der Waals surface area contributed by atoms with Gasteiger partial charge in [0.1, 0.15) is 24.6 Å². The first kappa shape index (κ1) is 21.9. The lowest BCUT2D eigenvalue weighted by atomic mass is 10.1. The monoisotopic (exact) mass is 565 g/mol. The molecule has 0 spiro atoms. The number of ether oxygens (including phenoxy) is 3. The van der Waals surface area contributed by atoms with Gasteiger partial charge >= 0.3 is 0 Å². The highest BCUT2D eigenvalue weighted by atomic mass is 79.9. The third kappa shape index (κ3) is 3.86. The van der Waals surface area contributed by atoms with E-state index in [9.17, 15) is 4.79 Å². The fraction of sp³-hybridized carbons (Fsp3) is 0.429. The molecular formula is C21H21Br2N5O4. The van der Waals surface area contributed by atoms with Gasteiger partial charge in [0, 0.05) is 10.9 Å². The van der Waals surface area contributed by atoms with Gasteiger partial charge in [-0.05, 0) is 26.0 Å². The molecule has 2 saturated heterocycles. The van der Waals surface area contributed by atoms with E-state index in [0.717, 1.165) is 0 Å². The predicted molar refractivity (Wildman–Crippen MR) is 124 cm³/mol. The molecule has 3 aromatic rings. The standard InChI is InChI=1S/C21H21Br2N5O4/c1-21(2)31-15-14(12(23)8-22)30-20(16(15)32-21)28-10-26-13-17(24-9-25-18(13)28)27-19(29)11-6-4-3-5-7-11/h3-7,9-10,12,14-16,20H,8H2,1-2H3,(H,24,25,27,29)/t12?,14-,15-,16-,20-/m1/s1. The molecule has 32 heavy (non-hydrogen) atoms. The number of alkyl halides is 2. The maximum atomic E-state index is 12.6. The number of amides is 1. The lowest BCUT2D eigenvalue weighted by Gasteiger charge is -2.26. The molecule has 1 N–H and O–H groups in total. The number of imidazole rings is 1. The van der Waals surface area contributed by atoms with Crippen molar-refractivity contribution in [1.82, 2.24) is 19.5 Å². The third-order valence-electron chi connectivity index (χ3n) is 5.47. The minimum Gasteiger partial charge on any atom is -0.348 e. The Morgan fingerprint density at radius 3 is 2.69 bits per heavy atom. The summed E-state index contributed by atoms with van der Waals surface area (Å²) in [5.41, 5.74) is 1.53. The second-order valence-corrected chi connectivity index (χ2v) is 9.92. The number of halogens is 2. The highest BCUT2D eigenvalue weighted by Gasteiger charge is 2.57. The maximum Gasteiger partial charge on any atom is 0.256 e. The first-order valence-corrected chi connectivity index (χ1v) is 12.2. The Labute approximate surface area is 201 Å². The summed E-state index contributed by atoms with van der Waals surface area (Å²) in [7, 11) is 0. The zero-order valence-corrected chi connectivity index (χ0v) is 20.5. The number of rotatable bonds is 5. The maximum absolute atomic E-state index is 12.6. The molecule has 1 unspecified atom stereocenters. The molecule has 0 bridgehead atoms. The van der Waals surface area contributed by atoms with E-state index in [0.29, 0.717) is 27.9 Å². The van der Waals surface area contributed by atoms with Crippen LogP contribution in [0.5, 0.6) is 0 Å². The first-order valence-electron chi connectivity index (χ1n) is 10.1. The molecule has 2 fully saturated rings. The van der Waals surface area contributed by atoms with Gasteiger partial charge in [-0.25, -0.2) is 15.0 Å². The molecule has 4 heterocycles. The van der Waals surface area contributed by atoms with Gasteiger partial charge in [0.2, 0.25) is 0 Å². The van der Waals surface area contributed by atoms with Crippen LogP contribution in [0.25, 0.3) is 11.2 Å². The van der Waals surface area contributed by atoms with Gasteiger partial charge in [-0.3, -0.25) is 9.36 Å². The van der Waals surface area contributed by atoms with Crippen LogP contribution in [-0.2, 0) is 14.2 Å². The lowest BCUT2D eigenvalue weighted by molar-refractivity contribution is -0.195. The van der Waals surface area contributed by atoms with Crippen molar-refractivity contribution in [1.29, 1.82) is 0 Å². The molecule has 2 aliphatic rings. The second kappa shape index (κ2) is 8.45. The van der Waals surface area contributed by atoms with E-state index in [1.165, 1.54) is 6.33 Å². The Bertz CT molecular complexity index is 1140. The average Bonchev–Trinajstić information content (AvgIpc) is 3.44. The van der Waals surface area contributed by atoms with Crippen molar-refractivity contribution in [2.24, 2.45) is 0 Å². The summed E-state index contributed by atoms with van der Waals surface area (Å²) in [5, 5.41) is 3.52. The van der Waals surface area contributed by atoms with Crippen LogP contribution in [0, 0.1) is 0 Å². The Kier molecular flexibility index (Phi) is 5.79. The summed E-state index contributed by atoms with van der Waals surface area (Å²) in [4.78, 5) is 25.8. The number of carbonyl (C=O) groups is 1. The van der Waals surface area contributed by atoms with E-state index in [-0.39, 0.29) is 29.0 Å². The van der Waals surface area contributed by atoms with Crippen LogP contribution >= 0.6 is 31.9 Å². The van der Waals surface area contributed by atoms with E-state index >= 15 is 0 Å². The van der Waals surface area contributed by atoms with Crippen molar-refractivity contribution < 1.29 is 19.0 Å². The fourth-order valence-electron chi connectivity index (χ4n) is 4.11. The van der Waals surface area contributed by atoms with E-state index in [1.54, 1.807) is 30.6 Å². The number of hydrogen-bond donors (Lipinski definition) is 1. The van der Waals surface area contributed by atoms with Gasteiger partial charge in [0.25, 0.3) is 5.91 Å². The van der Waals surface area contributed by atoms with Crippen LogP contribution in [0.3, 0.4) is 0 Å². The van der Waals surface area contributed by atoms with Gasteiger partial charge in [0.05, 0.1) is 11.2 Å². The molecule has 168 valence electrons. The Hall–Kier alpha value is -1.92. The molecule has 1 amide bonds. The third-order valence-corrected chi connectivity index (χ3v) is 7.88. The zero-order valence-electron chi connectivity index (χ0n) is 17.3. The number of aromatic nitrogens is 4. The van der Waals surface area contributed by atoms with Crippen LogP contribution < -0.4 is 5.32 Å². The topological polar surface area (TPSA) is 100 Å². The van der Waals surface area contributed by atoms with Gasteiger partial charge in [-0.1, -0.05) is 50.1 Å². The summed E-state index contributed by atoms with van der Waals surface area (Å²) in [6, 6.07) is 8.93. The molecule has 5 rings (SSSR count). The normalized spacial score (nSPS) is 27.4. The molecule has 1 aromatic carbocycles. The SMILES string of the molecule is CC1(C)O[C@@H]2[C@H](O1)[C@@H](C(Br)CBr)O[C@H]2n1cnc2c(NC(=O)c3ccccc3)ncnc21. The summed E-state index contributed by atoms with van der Waals surface area (Å²) < 4.78 is 20.5. The van der Waals surface area contributed by atoms with Crippen molar-refractivity contribution in [2.75, 3.05) is 10.6 Å². The molecule has 2 aromatic heterocycles. The fourth-order valence-corrected chi connectivity index (χ4v) is 4.90. The van der Waals surface area contributed by atoms with E-state index in [1.807, 2.05) is 24.5 Å². The summed E-state index contributed by atoms with van der Waals surface area (Å²) in [6.45, 7) is 3.78. The van der Waals surface area contributed by atoms with Crippen molar-refractivity contribution in [2.45, 2.75) is 49.0 Å². The Morgan fingerprint density at radius 2 is 1.94 bits per heavy atom. The zero-order chi connectivity index (χ0) is 22.5. The minimum atomic E-state index is -0.727. The van der Waals surface area contributed by atoms with Crippen molar-refractivity contribution >= 4 is 54.7 Å². The lowest BCUT2D eigenvalue weighted by Crippen LogP contribution is -2.36. The van der Waals surface area contributed by atoms with Crippen LogP contribution in [0.4, 0.5) is 5.82 Å². The van der Waals surface area contributed by atoms with Crippen LogP contribution in [0.2, 0.25) is 0 Å². The summed E-state index contributed by atoms with van der Waals surface area (Å²) >= 11 is 7.18. The second-order valence-electron chi connectivity index (χ2n) is 8.09. The quantitative estimate of drug-likeness (QED) is 0.470. The molecule has 0 radical (unpaired) electrons. The highest BCUT2D eigenvalue weighted by Crippen LogP contribution is 2.45. The first-order chi connectivity index (χ1) is 15.4. The Morgan fingerprint density at radius 1 is 1.19 bits per heavy atom. The van der Waals surface area contributed by atoms with E-state index < -0.39 is 12.0 Å². The Balaban J connectivity index is 1.48. The van der Waals surface area contributed by atoms with Gasteiger partial charge < -0.3 is 19.5 Å². The molecule has 9 nitrogen and oxygen atoms in total. The number of benzene rings is 1. The summed E-state index contributed by atoms with van der Waals surface area (Å²) in [5.74, 6) is -0.669. The van der Waals surface area contributed by atoms with Crippen molar-refractivity contribution in [3.05, 3.63) is 48.5 Å². The highest BCUT2D eigenvalue weighted by molar-refractivity contribution is 9.12. The number of anilines is 1. The number of carbonyl (C=O) groups excluding carboxylic acids is 1. The number of nitrogens with zero attached hydrogens (tertiary/aromatic N) is 4. The minimum absolute atomic E-state index is 0.0302. The van der Waals surface area contributed by atoms with E-state index in [2.05, 4.69) is 52.1 Å². The molecule has 0 saturated carbocycles. The number of hydrogen-bond acceptors (Lipinski definition) is 7. The number of fused-ring (bicyclic) bond motifs is 2. The van der Waals surface area contributed by atoms with Crippen LogP contribution in [0.15, 0.2) is 43.0 Å². The van der Waals surface area contributed by atoms with Gasteiger partial charge in [-0.2, -0.15) is 0 Å². The van der Waals surface area contributed by atoms with Crippen molar-refractivity contribution in [3.8, 4) is 0 Å². The largest absolute Gasteiger partial charge is 0.348 e. The average molecular weight is 567 g/mol. The van der Waals surface area contributed by atoms with Gasteiger partial charge in [-0.15, -0.1) is 0 Å². The smallest absolute Gasteiger partial charge is 0.256 e. The molecule has 0 aliphatic carbocycles. The molecule has 11 heteroatoms. The molecule has 5 atom stereocenters. The van der Waals surface area contributed by atoms with E-state index in [4.69, 9.17) is 14.2 Å². The molecule has 2 aliphatic heterocycles. The predicted octanol–water partition coefficient (Wildman–Crippen LogP) is 3.65. The van der Waals surface area contributed by atoms with Crippen LogP contribution in [-0.4, -0.2) is 59.7 Å². The van der Waals surface area contributed by atoms with Crippen molar-refractivity contribution in [3.63, 3.8) is 0 Å². The molecular weight excluding hydrogens is 546 g/mol. The number of nitrogens with one attached hydrogen (secondary N) is 1. The van der Waals surface area contributed by atoms with Gasteiger partial charge in [0.15, 0.2) is 29.0 Å². The van der Waals surface area contributed by atoms with Crippen LogP contribution in [0.1, 0.15) is 30.4 Å². The summed E-state index contributed by atoms with van der Waals surface area (Å²) in [6.07, 6.45) is 1.70.